The lowest BCUT2D eigenvalue weighted by Gasteiger charge is -2.29. The first-order valence-electron chi connectivity index (χ1n) is 17.8. The standard InChI is InChI=1S/C49H38N2/c1-35-26-27-38(28-29-39-18-8-10-24-47(39)50(35)43-21-12-19-40(32-43)36-14-4-2-5-15-36)42-30-31-46-45-23-9-11-25-48(45)51(49(46)34-42)44-22-13-20-41(33-44)37-16-6-3-7-17-37/h2-25,28,30-34H,1,26-27,29H2/b38-28+. The largest absolute Gasteiger partial charge is 0.315 e. The van der Waals surface area contributed by atoms with E-state index in [2.05, 4.69) is 191 Å². The Morgan fingerprint density at radius 2 is 1.04 bits per heavy atom. The zero-order chi connectivity index (χ0) is 34.1. The average molecular weight is 655 g/mol. The van der Waals surface area contributed by atoms with E-state index in [1.807, 2.05) is 0 Å². The molecule has 0 amide bonds. The molecule has 0 spiro atoms. The minimum atomic E-state index is 0.841. The monoisotopic (exact) mass is 654 g/mol. The number of fused-ring (bicyclic) bond motifs is 4. The number of hydrogen-bond donors (Lipinski definition) is 0. The van der Waals surface area contributed by atoms with E-state index in [-0.39, 0.29) is 0 Å². The number of rotatable bonds is 5. The van der Waals surface area contributed by atoms with Gasteiger partial charge in [-0.25, -0.2) is 0 Å². The molecule has 2 nitrogen and oxygen atoms in total. The molecule has 0 saturated heterocycles. The fourth-order valence-corrected chi connectivity index (χ4v) is 7.74. The van der Waals surface area contributed by atoms with Crippen molar-refractivity contribution in [2.24, 2.45) is 0 Å². The van der Waals surface area contributed by atoms with Crippen molar-refractivity contribution >= 4 is 38.8 Å². The summed E-state index contributed by atoms with van der Waals surface area (Å²) in [5.41, 5.74) is 15.8. The average Bonchev–Trinajstić information content (AvgIpc) is 3.55. The summed E-state index contributed by atoms with van der Waals surface area (Å²) in [4.78, 5) is 2.37. The summed E-state index contributed by atoms with van der Waals surface area (Å²) < 4.78 is 2.44. The molecule has 0 unspecified atom stereocenters. The molecule has 244 valence electrons. The van der Waals surface area contributed by atoms with Crippen LogP contribution in [0, 0.1) is 0 Å². The van der Waals surface area contributed by atoms with Gasteiger partial charge in [-0.05, 0) is 101 Å². The second kappa shape index (κ2) is 13.2. The zero-order valence-electron chi connectivity index (χ0n) is 28.5. The third-order valence-corrected chi connectivity index (χ3v) is 10.3. The first-order valence-corrected chi connectivity index (χ1v) is 17.8. The predicted molar refractivity (Wildman–Crippen MR) is 217 cm³/mol. The number of hydrogen-bond acceptors (Lipinski definition) is 1. The van der Waals surface area contributed by atoms with Gasteiger partial charge in [0.2, 0.25) is 0 Å². The minimum absolute atomic E-state index is 0.841. The van der Waals surface area contributed by atoms with Gasteiger partial charge >= 0.3 is 0 Å². The Morgan fingerprint density at radius 1 is 0.431 bits per heavy atom. The van der Waals surface area contributed by atoms with Gasteiger partial charge in [0.05, 0.1) is 11.0 Å². The summed E-state index contributed by atoms with van der Waals surface area (Å²) in [5.74, 6) is 0. The van der Waals surface area contributed by atoms with E-state index in [1.54, 1.807) is 0 Å². The normalized spacial score (nSPS) is 14.4. The molecule has 0 fully saturated rings. The second-order valence-corrected chi connectivity index (χ2v) is 13.4. The van der Waals surface area contributed by atoms with Gasteiger partial charge < -0.3 is 9.47 Å². The van der Waals surface area contributed by atoms with Gasteiger partial charge in [0.25, 0.3) is 0 Å². The van der Waals surface area contributed by atoms with Crippen molar-refractivity contribution in [3.05, 3.63) is 205 Å². The van der Waals surface area contributed by atoms with Crippen molar-refractivity contribution in [1.82, 2.24) is 4.57 Å². The highest BCUT2D eigenvalue weighted by atomic mass is 15.1. The molecule has 2 heterocycles. The van der Waals surface area contributed by atoms with E-state index in [0.29, 0.717) is 0 Å². The Bertz CT molecular complexity index is 2570. The van der Waals surface area contributed by atoms with Crippen LogP contribution in [0.15, 0.2) is 194 Å². The molecule has 0 bridgehead atoms. The fourth-order valence-electron chi connectivity index (χ4n) is 7.74. The van der Waals surface area contributed by atoms with Crippen LogP contribution < -0.4 is 4.90 Å². The van der Waals surface area contributed by atoms with Gasteiger partial charge in [0, 0.05) is 33.5 Å². The number of benzene rings is 7. The topological polar surface area (TPSA) is 8.17 Å². The number of nitrogens with zero attached hydrogens (tertiary/aromatic N) is 2. The van der Waals surface area contributed by atoms with Crippen molar-refractivity contribution in [2.45, 2.75) is 19.3 Å². The Kier molecular flexibility index (Phi) is 7.91. The van der Waals surface area contributed by atoms with Gasteiger partial charge in [-0.2, -0.15) is 0 Å². The SMILES string of the molecule is C=C1CC/C(c2ccc3c4ccccc4n(-c4cccc(-c5ccccc5)c4)c3c2)=C\Cc2ccccc2N1c1cccc(-c2ccccc2)c1. The smallest absolute Gasteiger partial charge is 0.0547 e. The zero-order valence-corrected chi connectivity index (χ0v) is 28.5. The van der Waals surface area contributed by atoms with E-state index < -0.39 is 0 Å². The van der Waals surface area contributed by atoms with Crippen LogP contribution in [0.3, 0.4) is 0 Å². The number of allylic oxidation sites excluding steroid dienone is 3. The van der Waals surface area contributed by atoms with Crippen LogP contribution in [0.25, 0.3) is 55.3 Å². The maximum Gasteiger partial charge on any atom is 0.0547 e. The maximum atomic E-state index is 4.71. The van der Waals surface area contributed by atoms with Crippen LogP contribution in [-0.2, 0) is 6.42 Å². The molecule has 8 aromatic rings. The third kappa shape index (κ3) is 5.75. The number of aromatic nitrogens is 1. The molecule has 0 radical (unpaired) electrons. The lowest BCUT2D eigenvalue weighted by molar-refractivity contribution is 0.951. The Morgan fingerprint density at radius 3 is 1.80 bits per heavy atom. The van der Waals surface area contributed by atoms with Crippen LogP contribution in [0.2, 0.25) is 0 Å². The Balaban J connectivity index is 1.12. The van der Waals surface area contributed by atoms with Gasteiger partial charge in [0.15, 0.2) is 0 Å². The number of anilines is 2. The van der Waals surface area contributed by atoms with Crippen LogP contribution >= 0.6 is 0 Å². The summed E-state index contributed by atoms with van der Waals surface area (Å²) in [5, 5.41) is 2.53. The molecule has 9 rings (SSSR count). The Hall–Kier alpha value is -6.38. The van der Waals surface area contributed by atoms with Gasteiger partial charge in [-0.3, -0.25) is 0 Å². The molecule has 7 aromatic carbocycles. The molecule has 0 saturated carbocycles. The highest BCUT2D eigenvalue weighted by Crippen LogP contribution is 2.40. The number of para-hydroxylation sites is 2. The molecule has 0 aliphatic carbocycles. The lowest BCUT2D eigenvalue weighted by Crippen LogP contribution is -2.17. The van der Waals surface area contributed by atoms with Crippen LogP contribution in [-0.4, -0.2) is 4.57 Å². The van der Waals surface area contributed by atoms with E-state index in [0.717, 1.165) is 30.6 Å². The molecule has 2 heteroatoms. The summed E-state index contributed by atoms with van der Waals surface area (Å²) in [7, 11) is 0. The predicted octanol–water partition coefficient (Wildman–Crippen LogP) is 13.2. The third-order valence-electron chi connectivity index (χ3n) is 10.3. The Labute approximate surface area is 299 Å². The lowest BCUT2D eigenvalue weighted by atomic mass is 9.97. The molecule has 1 aromatic heterocycles. The van der Waals surface area contributed by atoms with E-state index >= 15 is 0 Å². The van der Waals surface area contributed by atoms with Crippen molar-refractivity contribution in [2.75, 3.05) is 4.90 Å². The highest BCUT2D eigenvalue weighted by molar-refractivity contribution is 6.10. The van der Waals surface area contributed by atoms with Crippen LogP contribution in [0.4, 0.5) is 11.4 Å². The fraction of sp³-hybridized carbons (Fsp3) is 0.0612. The molecule has 0 atom stereocenters. The minimum Gasteiger partial charge on any atom is -0.315 e. The van der Waals surface area contributed by atoms with Crippen molar-refractivity contribution < 1.29 is 0 Å². The molecule has 0 N–H and O–H groups in total. The van der Waals surface area contributed by atoms with Crippen molar-refractivity contribution in [1.29, 1.82) is 0 Å². The summed E-state index contributed by atoms with van der Waals surface area (Å²) in [6, 6.07) is 63.6. The van der Waals surface area contributed by atoms with Crippen molar-refractivity contribution in [3.63, 3.8) is 0 Å². The van der Waals surface area contributed by atoms with Gasteiger partial charge in [-0.15, -0.1) is 0 Å². The highest BCUT2D eigenvalue weighted by Gasteiger charge is 2.20. The van der Waals surface area contributed by atoms with Crippen molar-refractivity contribution in [3.8, 4) is 27.9 Å². The molecule has 1 aliphatic heterocycles. The molecule has 1 aliphatic rings. The molecule has 51 heavy (non-hydrogen) atoms. The van der Waals surface area contributed by atoms with Crippen LogP contribution in [0.1, 0.15) is 24.0 Å². The molecular weight excluding hydrogens is 617 g/mol. The first kappa shape index (κ1) is 30.7. The quantitative estimate of drug-likeness (QED) is 0.179. The van der Waals surface area contributed by atoms with E-state index in [9.17, 15) is 0 Å². The summed E-state index contributed by atoms with van der Waals surface area (Å²) in [6.45, 7) is 4.71. The first-order chi connectivity index (χ1) is 25.2. The van der Waals surface area contributed by atoms with Gasteiger partial charge in [0.1, 0.15) is 0 Å². The van der Waals surface area contributed by atoms with Gasteiger partial charge in [-0.1, -0.05) is 146 Å². The second-order valence-electron chi connectivity index (χ2n) is 13.4. The summed E-state index contributed by atoms with van der Waals surface area (Å²) in [6.07, 6.45) is 5.03. The summed E-state index contributed by atoms with van der Waals surface area (Å²) >= 11 is 0. The van der Waals surface area contributed by atoms with E-state index in [4.69, 9.17) is 6.58 Å². The molecular formula is C49H38N2. The van der Waals surface area contributed by atoms with E-state index in [1.165, 1.54) is 72.1 Å². The maximum absolute atomic E-state index is 4.71. The van der Waals surface area contributed by atoms with Crippen LogP contribution in [0.5, 0.6) is 0 Å².